The number of nitrogens with zero attached hydrogens (tertiary/aromatic N) is 2. The molecule has 1 aliphatic heterocycles. The van der Waals surface area contributed by atoms with Crippen LogP contribution in [-0.2, 0) is 0 Å². The third kappa shape index (κ3) is 2.44. The highest BCUT2D eigenvalue weighted by Crippen LogP contribution is 2.31. The minimum Gasteiger partial charge on any atom is -0.368 e. The quantitative estimate of drug-likeness (QED) is 0.736. The standard InChI is InChI=1S/C15H20N2/c1-11-7-12(2)13(3)17(10-11)15-6-4-5-14(8-15)9-16/h4-6,8,11-13H,7,10H2,1-3H3. The number of benzene rings is 1. The van der Waals surface area contributed by atoms with Gasteiger partial charge in [0, 0.05) is 18.3 Å². The van der Waals surface area contributed by atoms with E-state index < -0.39 is 0 Å². The molecule has 1 fully saturated rings. The summed E-state index contributed by atoms with van der Waals surface area (Å²) in [5.41, 5.74) is 1.94. The number of piperidine rings is 1. The summed E-state index contributed by atoms with van der Waals surface area (Å²) in [6.07, 6.45) is 1.30. The van der Waals surface area contributed by atoms with E-state index in [2.05, 4.69) is 37.8 Å². The van der Waals surface area contributed by atoms with Crippen molar-refractivity contribution in [1.29, 1.82) is 5.26 Å². The second-order valence-electron chi connectivity index (χ2n) is 5.37. The second-order valence-corrected chi connectivity index (χ2v) is 5.37. The molecule has 0 aliphatic carbocycles. The van der Waals surface area contributed by atoms with Crippen LogP contribution in [0.5, 0.6) is 0 Å². The van der Waals surface area contributed by atoms with E-state index in [9.17, 15) is 0 Å². The van der Waals surface area contributed by atoms with Crippen LogP contribution < -0.4 is 4.90 Å². The molecule has 3 atom stereocenters. The minimum atomic E-state index is 0.556. The topological polar surface area (TPSA) is 27.0 Å². The summed E-state index contributed by atoms with van der Waals surface area (Å²) in [6, 6.07) is 10.7. The summed E-state index contributed by atoms with van der Waals surface area (Å²) in [4.78, 5) is 2.44. The third-order valence-electron chi connectivity index (χ3n) is 3.90. The normalized spacial score (nSPS) is 28.8. The Morgan fingerprint density at radius 3 is 2.76 bits per heavy atom. The Morgan fingerprint density at radius 2 is 2.06 bits per heavy atom. The van der Waals surface area contributed by atoms with Crippen LogP contribution in [0.3, 0.4) is 0 Å². The predicted octanol–water partition coefficient (Wildman–Crippen LogP) is 3.43. The molecule has 0 N–H and O–H groups in total. The number of rotatable bonds is 1. The van der Waals surface area contributed by atoms with Gasteiger partial charge in [0.25, 0.3) is 0 Å². The van der Waals surface area contributed by atoms with Gasteiger partial charge in [-0.1, -0.05) is 19.9 Å². The highest BCUT2D eigenvalue weighted by Gasteiger charge is 2.28. The fourth-order valence-electron chi connectivity index (χ4n) is 2.81. The lowest BCUT2D eigenvalue weighted by molar-refractivity contribution is 0.297. The second kappa shape index (κ2) is 4.79. The number of anilines is 1. The molecule has 17 heavy (non-hydrogen) atoms. The third-order valence-corrected chi connectivity index (χ3v) is 3.90. The Labute approximate surface area is 104 Å². The maximum Gasteiger partial charge on any atom is 0.0992 e. The molecular weight excluding hydrogens is 208 g/mol. The van der Waals surface area contributed by atoms with Crippen LogP contribution in [0.1, 0.15) is 32.8 Å². The maximum absolute atomic E-state index is 8.96. The summed E-state index contributed by atoms with van der Waals surface area (Å²) in [5.74, 6) is 1.44. The van der Waals surface area contributed by atoms with Gasteiger partial charge in [-0.15, -0.1) is 0 Å². The van der Waals surface area contributed by atoms with Gasteiger partial charge in [0.2, 0.25) is 0 Å². The van der Waals surface area contributed by atoms with Crippen molar-refractivity contribution in [3.8, 4) is 6.07 Å². The van der Waals surface area contributed by atoms with Gasteiger partial charge in [0.05, 0.1) is 11.6 Å². The molecule has 0 bridgehead atoms. The lowest BCUT2D eigenvalue weighted by Crippen LogP contribution is -2.45. The van der Waals surface area contributed by atoms with E-state index in [0.29, 0.717) is 12.0 Å². The summed E-state index contributed by atoms with van der Waals surface area (Å²) >= 11 is 0. The predicted molar refractivity (Wildman–Crippen MR) is 70.9 cm³/mol. The van der Waals surface area contributed by atoms with E-state index in [-0.39, 0.29) is 0 Å². The van der Waals surface area contributed by atoms with Crippen molar-refractivity contribution in [2.75, 3.05) is 11.4 Å². The maximum atomic E-state index is 8.96. The molecular formula is C15H20N2. The first-order valence-corrected chi connectivity index (χ1v) is 6.38. The largest absolute Gasteiger partial charge is 0.368 e. The van der Waals surface area contributed by atoms with Crippen molar-refractivity contribution < 1.29 is 0 Å². The molecule has 1 aromatic carbocycles. The van der Waals surface area contributed by atoms with E-state index in [1.165, 1.54) is 12.1 Å². The van der Waals surface area contributed by atoms with E-state index in [4.69, 9.17) is 5.26 Å². The van der Waals surface area contributed by atoms with E-state index in [1.807, 2.05) is 18.2 Å². The fourth-order valence-corrected chi connectivity index (χ4v) is 2.81. The molecule has 0 saturated carbocycles. The molecule has 1 aliphatic rings. The van der Waals surface area contributed by atoms with Crippen LogP contribution >= 0.6 is 0 Å². The Kier molecular flexibility index (Phi) is 3.38. The summed E-state index contributed by atoms with van der Waals surface area (Å²) < 4.78 is 0. The SMILES string of the molecule is CC1CC(C)C(C)N(c2cccc(C#N)c2)C1. The van der Waals surface area contributed by atoms with Crippen LogP contribution in [0.4, 0.5) is 5.69 Å². The van der Waals surface area contributed by atoms with Gasteiger partial charge in [-0.3, -0.25) is 0 Å². The highest BCUT2D eigenvalue weighted by molar-refractivity contribution is 5.52. The Morgan fingerprint density at radius 1 is 1.29 bits per heavy atom. The van der Waals surface area contributed by atoms with Crippen LogP contribution in [0.25, 0.3) is 0 Å². The molecule has 0 radical (unpaired) electrons. The van der Waals surface area contributed by atoms with E-state index in [0.717, 1.165) is 18.0 Å². The van der Waals surface area contributed by atoms with Crippen molar-refractivity contribution in [3.05, 3.63) is 29.8 Å². The highest BCUT2D eigenvalue weighted by atomic mass is 15.2. The molecule has 2 heteroatoms. The molecule has 3 unspecified atom stereocenters. The zero-order valence-electron chi connectivity index (χ0n) is 10.9. The average molecular weight is 228 g/mol. The Bertz CT molecular complexity index is 433. The van der Waals surface area contributed by atoms with Crippen molar-refractivity contribution in [2.24, 2.45) is 11.8 Å². The van der Waals surface area contributed by atoms with Crippen molar-refractivity contribution in [3.63, 3.8) is 0 Å². The molecule has 0 spiro atoms. The van der Waals surface area contributed by atoms with Gasteiger partial charge in [-0.05, 0) is 43.4 Å². The molecule has 1 saturated heterocycles. The average Bonchev–Trinajstić information content (AvgIpc) is 2.34. The lowest BCUT2D eigenvalue weighted by atomic mass is 9.85. The smallest absolute Gasteiger partial charge is 0.0992 e. The van der Waals surface area contributed by atoms with E-state index in [1.54, 1.807) is 0 Å². The molecule has 1 aromatic rings. The number of hydrogen-bond acceptors (Lipinski definition) is 2. The molecule has 2 nitrogen and oxygen atoms in total. The van der Waals surface area contributed by atoms with Crippen LogP contribution in [0.2, 0.25) is 0 Å². The molecule has 90 valence electrons. The van der Waals surface area contributed by atoms with Crippen molar-refractivity contribution in [2.45, 2.75) is 33.2 Å². The minimum absolute atomic E-state index is 0.556. The Hall–Kier alpha value is -1.49. The zero-order valence-corrected chi connectivity index (χ0v) is 10.9. The summed E-state index contributed by atoms with van der Waals surface area (Å²) in [7, 11) is 0. The summed E-state index contributed by atoms with van der Waals surface area (Å²) in [6.45, 7) is 8.01. The number of nitriles is 1. The van der Waals surface area contributed by atoms with E-state index >= 15 is 0 Å². The number of hydrogen-bond donors (Lipinski definition) is 0. The lowest BCUT2D eigenvalue weighted by Gasteiger charge is -2.42. The molecule has 2 rings (SSSR count). The van der Waals surface area contributed by atoms with Crippen LogP contribution in [0, 0.1) is 23.2 Å². The molecule has 0 aromatic heterocycles. The van der Waals surface area contributed by atoms with Crippen LogP contribution in [0.15, 0.2) is 24.3 Å². The zero-order chi connectivity index (χ0) is 12.4. The first-order valence-electron chi connectivity index (χ1n) is 6.38. The van der Waals surface area contributed by atoms with Gasteiger partial charge < -0.3 is 4.90 Å². The first-order chi connectivity index (χ1) is 8.11. The first kappa shape index (κ1) is 12.0. The van der Waals surface area contributed by atoms with Gasteiger partial charge >= 0.3 is 0 Å². The van der Waals surface area contributed by atoms with Crippen molar-refractivity contribution >= 4 is 5.69 Å². The van der Waals surface area contributed by atoms with Gasteiger partial charge in [-0.2, -0.15) is 5.26 Å². The fraction of sp³-hybridized carbons (Fsp3) is 0.533. The summed E-state index contributed by atoms with van der Waals surface area (Å²) in [5, 5.41) is 8.96. The van der Waals surface area contributed by atoms with Crippen molar-refractivity contribution in [1.82, 2.24) is 0 Å². The molecule has 0 amide bonds. The Balaban J connectivity index is 2.28. The van der Waals surface area contributed by atoms with Crippen LogP contribution in [-0.4, -0.2) is 12.6 Å². The van der Waals surface area contributed by atoms with Gasteiger partial charge in [0.1, 0.15) is 0 Å². The monoisotopic (exact) mass is 228 g/mol. The van der Waals surface area contributed by atoms with Gasteiger partial charge in [0.15, 0.2) is 0 Å². The van der Waals surface area contributed by atoms with Gasteiger partial charge in [-0.25, -0.2) is 0 Å². The molecule has 1 heterocycles.